The smallest absolute Gasteiger partial charge is 0.253 e. The summed E-state index contributed by atoms with van der Waals surface area (Å²) in [4.78, 5) is 19.4. The number of nitrogens with one attached hydrogen (secondary N) is 1. The molecular weight excluding hydrogens is 341 g/mol. The van der Waals surface area contributed by atoms with E-state index in [1.165, 1.54) is 0 Å². The molecule has 2 heterocycles. The van der Waals surface area contributed by atoms with Gasteiger partial charge in [0.15, 0.2) is 0 Å². The number of carbonyl (C=O) groups is 1. The molecule has 1 aliphatic rings. The molecule has 5 heteroatoms. The lowest BCUT2D eigenvalue weighted by molar-refractivity contribution is 0.0942. The first-order valence-electron chi connectivity index (χ1n) is 9.56. The maximum atomic E-state index is 12.7. The Labute approximate surface area is 160 Å². The molecule has 1 aromatic heterocycles. The Balaban J connectivity index is 1.82. The van der Waals surface area contributed by atoms with E-state index in [-0.39, 0.29) is 18.0 Å². The van der Waals surface area contributed by atoms with Crippen molar-refractivity contribution in [1.82, 2.24) is 15.2 Å². The largest absolute Gasteiger partial charge is 0.350 e. The average molecular weight is 369 g/mol. The second-order valence-electron chi connectivity index (χ2n) is 7.94. The summed E-state index contributed by atoms with van der Waals surface area (Å²) in [6.45, 7) is 9.39. The van der Waals surface area contributed by atoms with Crippen LogP contribution in [0, 0.1) is 5.92 Å². The van der Waals surface area contributed by atoms with Gasteiger partial charge < -0.3 is 5.32 Å². The van der Waals surface area contributed by atoms with Gasteiger partial charge in [-0.15, -0.1) is 0 Å². The van der Waals surface area contributed by atoms with Crippen molar-refractivity contribution >= 4 is 5.91 Å². The van der Waals surface area contributed by atoms with Gasteiger partial charge in [-0.3, -0.25) is 14.7 Å². The maximum absolute atomic E-state index is 12.7. The zero-order valence-electron chi connectivity index (χ0n) is 16.5. The minimum Gasteiger partial charge on any atom is -0.350 e. The van der Waals surface area contributed by atoms with Crippen molar-refractivity contribution in [1.29, 1.82) is 0 Å². The number of hydrogen-bond donors (Lipinski definition) is 1. The van der Waals surface area contributed by atoms with Crippen LogP contribution in [-0.2, 0) is 19.8 Å². The van der Waals surface area contributed by atoms with Crippen molar-refractivity contribution in [2.24, 2.45) is 5.92 Å². The molecule has 1 aromatic carbocycles. The molecule has 27 heavy (non-hydrogen) atoms. The van der Waals surface area contributed by atoms with E-state index in [2.05, 4.69) is 29.0 Å². The maximum Gasteiger partial charge on any atom is 0.253 e. The Kier molecular flexibility index (Phi) is 5.90. The fourth-order valence-electron chi connectivity index (χ4n) is 3.73. The number of benzene rings is 1. The summed E-state index contributed by atoms with van der Waals surface area (Å²) in [6, 6.07) is 9.95. The van der Waals surface area contributed by atoms with E-state index in [1.54, 1.807) is 6.20 Å². The number of fused-ring (bicyclic) bond motifs is 1. The second-order valence-corrected chi connectivity index (χ2v) is 7.94. The van der Waals surface area contributed by atoms with E-state index in [1.807, 2.05) is 44.2 Å². The molecule has 0 fully saturated rings. The zero-order valence-corrected chi connectivity index (χ0v) is 16.5. The van der Waals surface area contributed by atoms with Crippen molar-refractivity contribution in [2.75, 3.05) is 0 Å². The summed E-state index contributed by atoms with van der Waals surface area (Å²) < 4.78 is 12.7. The summed E-state index contributed by atoms with van der Waals surface area (Å²) in [7, 11) is 0. The molecule has 0 aliphatic carbocycles. The van der Waals surface area contributed by atoms with Gasteiger partial charge in [0.05, 0.1) is 17.3 Å². The molecule has 3 rings (SSSR count). The molecule has 0 radical (unpaired) electrons. The number of halogens is 1. The van der Waals surface area contributed by atoms with Gasteiger partial charge in [-0.1, -0.05) is 38.1 Å². The third-order valence-electron chi connectivity index (χ3n) is 4.92. The molecule has 1 N–H and O–H groups in total. The van der Waals surface area contributed by atoms with Crippen molar-refractivity contribution in [3.05, 3.63) is 64.5 Å². The number of amides is 1. The number of hydrogen-bond acceptors (Lipinski definition) is 3. The van der Waals surface area contributed by atoms with Crippen LogP contribution in [0.3, 0.4) is 0 Å². The molecule has 1 atom stereocenters. The molecule has 0 spiro atoms. The van der Waals surface area contributed by atoms with E-state index in [9.17, 15) is 9.18 Å². The van der Waals surface area contributed by atoms with Crippen LogP contribution in [0.5, 0.6) is 0 Å². The fourth-order valence-corrected chi connectivity index (χ4v) is 3.73. The quantitative estimate of drug-likeness (QED) is 0.821. The van der Waals surface area contributed by atoms with Crippen molar-refractivity contribution < 1.29 is 9.18 Å². The van der Waals surface area contributed by atoms with Crippen molar-refractivity contribution in [2.45, 2.75) is 59.5 Å². The highest BCUT2D eigenvalue weighted by Gasteiger charge is 2.34. The highest BCUT2D eigenvalue weighted by Crippen LogP contribution is 2.38. The summed E-state index contributed by atoms with van der Waals surface area (Å²) in [5, 5.41) is 2.92. The first-order valence-corrected chi connectivity index (χ1v) is 9.56. The third kappa shape index (κ3) is 4.35. The van der Waals surface area contributed by atoms with Gasteiger partial charge in [-0.2, -0.15) is 0 Å². The predicted molar refractivity (Wildman–Crippen MR) is 105 cm³/mol. The highest BCUT2D eigenvalue weighted by molar-refractivity contribution is 5.94. The molecular formula is C22H28FN3O. The van der Waals surface area contributed by atoms with E-state index in [0.717, 1.165) is 29.9 Å². The molecule has 4 nitrogen and oxygen atoms in total. The van der Waals surface area contributed by atoms with E-state index in [4.69, 9.17) is 0 Å². The molecule has 0 saturated heterocycles. The lowest BCUT2D eigenvalue weighted by Crippen LogP contribution is -2.30. The Hall–Kier alpha value is -2.27. The van der Waals surface area contributed by atoms with Gasteiger partial charge in [0.2, 0.25) is 0 Å². The number of carbonyl (C=O) groups excluding carboxylic acids is 1. The lowest BCUT2D eigenvalue weighted by atomic mass is 9.99. The van der Waals surface area contributed by atoms with Gasteiger partial charge >= 0.3 is 0 Å². The summed E-state index contributed by atoms with van der Waals surface area (Å²) in [6.07, 6.45) is 1.69. The van der Waals surface area contributed by atoms with Crippen LogP contribution >= 0.6 is 0 Å². The van der Waals surface area contributed by atoms with Crippen LogP contribution in [0.2, 0.25) is 0 Å². The summed E-state index contributed by atoms with van der Waals surface area (Å²) in [5.74, 6) is 0.320. The zero-order chi connectivity index (χ0) is 19.6. The first-order chi connectivity index (χ1) is 12.9. The number of alkyl halides is 1. The van der Waals surface area contributed by atoms with Crippen LogP contribution in [0.1, 0.15) is 66.5 Å². The van der Waals surface area contributed by atoms with Crippen LogP contribution in [0.25, 0.3) is 0 Å². The second kappa shape index (κ2) is 8.17. The Morgan fingerprint density at radius 1 is 1.22 bits per heavy atom. The molecule has 0 bridgehead atoms. The minimum atomic E-state index is -0.435. The van der Waals surface area contributed by atoms with Crippen LogP contribution in [-0.4, -0.2) is 21.8 Å². The van der Waals surface area contributed by atoms with E-state index < -0.39 is 6.67 Å². The summed E-state index contributed by atoms with van der Waals surface area (Å²) >= 11 is 0. The van der Waals surface area contributed by atoms with Gasteiger partial charge in [-0.25, -0.2) is 4.39 Å². The average Bonchev–Trinajstić information content (AvgIpc) is 2.98. The molecule has 1 amide bonds. The topological polar surface area (TPSA) is 45.2 Å². The molecule has 2 aromatic rings. The molecule has 0 unspecified atom stereocenters. The number of nitrogens with zero attached hydrogens (tertiary/aromatic N) is 2. The Morgan fingerprint density at radius 3 is 2.48 bits per heavy atom. The summed E-state index contributed by atoms with van der Waals surface area (Å²) in [5.41, 5.74) is 4.64. The van der Waals surface area contributed by atoms with Crippen molar-refractivity contribution in [3.8, 4) is 0 Å². The Bertz CT molecular complexity index is 802. The standard InChI is InChI=1S/C22H28FN3O/c1-14(2)21-20-19(9-18(11-24-20)22(27)25-15(3)4)13-26(21)12-17-7-5-16(10-23)6-8-17/h5-9,11,14-15,21H,10,12-13H2,1-4H3,(H,25,27)/t21-/m0/s1. The van der Waals surface area contributed by atoms with Crippen LogP contribution < -0.4 is 5.32 Å². The van der Waals surface area contributed by atoms with Gasteiger partial charge in [0, 0.05) is 25.3 Å². The van der Waals surface area contributed by atoms with Gasteiger partial charge in [0.1, 0.15) is 6.67 Å². The monoisotopic (exact) mass is 369 g/mol. The number of aromatic nitrogens is 1. The first kappa shape index (κ1) is 19.5. The molecule has 144 valence electrons. The lowest BCUT2D eigenvalue weighted by Gasteiger charge is -2.27. The van der Waals surface area contributed by atoms with Crippen LogP contribution in [0.4, 0.5) is 4.39 Å². The minimum absolute atomic E-state index is 0.0818. The highest BCUT2D eigenvalue weighted by atomic mass is 19.1. The normalized spacial score (nSPS) is 16.8. The third-order valence-corrected chi connectivity index (χ3v) is 4.92. The van der Waals surface area contributed by atoms with Gasteiger partial charge in [0.25, 0.3) is 5.91 Å². The van der Waals surface area contributed by atoms with Crippen molar-refractivity contribution in [3.63, 3.8) is 0 Å². The van der Waals surface area contributed by atoms with E-state index >= 15 is 0 Å². The Morgan fingerprint density at radius 2 is 1.89 bits per heavy atom. The van der Waals surface area contributed by atoms with E-state index in [0.29, 0.717) is 17.0 Å². The van der Waals surface area contributed by atoms with Gasteiger partial charge in [-0.05, 0) is 42.5 Å². The predicted octanol–water partition coefficient (Wildman–Crippen LogP) is 4.40. The fraction of sp³-hybridized carbons (Fsp3) is 0.455. The van der Waals surface area contributed by atoms with Crippen LogP contribution in [0.15, 0.2) is 36.5 Å². The number of pyridine rings is 1. The SMILES string of the molecule is CC(C)NC(=O)c1cnc2c(c1)CN(Cc1ccc(CF)cc1)[C@H]2C(C)C. The molecule has 0 saturated carbocycles. The molecule has 1 aliphatic heterocycles. The number of rotatable bonds is 6.